The molecule has 0 saturated carbocycles. The second-order valence-electron chi connectivity index (χ2n) is 7.27. The van der Waals surface area contributed by atoms with Gasteiger partial charge in [0.05, 0.1) is 10.9 Å². The summed E-state index contributed by atoms with van der Waals surface area (Å²) in [6.07, 6.45) is 4.59. The van der Waals surface area contributed by atoms with E-state index in [-0.39, 0.29) is 12.4 Å². The van der Waals surface area contributed by atoms with Crippen molar-refractivity contribution in [1.82, 2.24) is 9.55 Å². The molecule has 154 valence electrons. The lowest BCUT2D eigenvalue weighted by Gasteiger charge is -2.12. The van der Waals surface area contributed by atoms with Crippen molar-refractivity contribution in [2.45, 2.75) is 13.0 Å². The minimum Gasteiger partial charge on any atom is -0.454 e. The molecule has 5 rings (SSSR count). The molecule has 0 fully saturated rings. The molecule has 5 nitrogen and oxygen atoms in total. The normalized spacial score (nSPS) is 12.7. The summed E-state index contributed by atoms with van der Waals surface area (Å²) in [6.45, 7) is 0.796. The summed E-state index contributed by atoms with van der Waals surface area (Å²) in [7, 11) is 0. The molecule has 3 aromatic carbocycles. The predicted octanol–water partition coefficient (Wildman–Crippen LogP) is 5.14. The summed E-state index contributed by atoms with van der Waals surface area (Å²) >= 11 is 2.22. The quantitative estimate of drug-likeness (QED) is 0.341. The molecule has 0 N–H and O–H groups in total. The van der Waals surface area contributed by atoms with Crippen molar-refractivity contribution in [3.05, 3.63) is 97.6 Å². The van der Waals surface area contributed by atoms with Gasteiger partial charge in [-0.25, -0.2) is 4.98 Å². The Hall–Kier alpha value is -3.13. The summed E-state index contributed by atoms with van der Waals surface area (Å²) < 4.78 is 13.6. The Morgan fingerprint density at radius 3 is 2.68 bits per heavy atom. The lowest BCUT2D eigenvalue weighted by atomic mass is 10.1. The minimum absolute atomic E-state index is 0.0233. The maximum absolute atomic E-state index is 13.3. The van der Waals surface area contributed by atoms with Gasteiger partial charge in [-0.2, -0.15) is 0 Å². The van der Waals surface area contributed by atoms with Crippen LogP contribution in [0.3, 0.4) is 0 Å². The molecule has 4 aromatic rings. The molecule has 0 spiro atoms. The Balaban J connectivity index is 1.54. The molecule has 1 aliphatic heterocycles. The Bertz CT molecular complexity index is 1350. The zero-order valence-corrected chi connectivity index (χ0v) is 18.8. The van der Waals surface area contributed by atoms with Crippen molar-refractivity contribution in [2.75, 3.05) is 6.79 Å². The zero-order chi connectivity index (χ0) is 21.2. The Kier molecular flexibility index (Phi) is 5.46. The first-order chi connectivity index (χ1) is 15.2. The van der Waals surface area contributed by atoms with Crippen LogP contribution in [0.2, 0.25) is 0 Å². The van der Waals surface area contributed by atoms with Crippen LogP contribution >= 0.6 is 22.6 Å². The smallest absolute Gasteiger partial charge is 0.261 e. The maximum atomic E-state index is 13.3. The molecular weight excluding hydrogens is 503 g/mol. The van der Waals surface area contributed by atoms with E-state index in [1.54, 1.807) is 4.57 Å². The number of halogens is 1. The van der Waals surface area contributed by atoms with E-state index in [1.807, 2.05) is 66.7 Å². The number of hydrogen-bond donors (Lipinski definition) is 0. The number of benzene rings is 3. The molecule has 0 saturated heterocycles. The van der Waals surface area contributed by atoms with Crippen molar-refractivity contribution >= 4 is 45.6 Å². The van der Waals surface area contributed by atoms with Gasteiger partial charge in [0.25, 0.3) is 5.56 Å². The molecule has 1 aromatic heterocycles. The van der Waals surface area contributed by atoms with E-state index in [2.05, 4.69) is 34.7 Å². The fraction of sp³-hybridized carbons (Fsp3) is 0.120. The average Bonchev–Trinajstić information content (AvgIpc) is 3.26. The van der Waals surface area contributed by atoms with Crippen molar-refractivity contribution in [2.24, 2.45) is 0 Å². The van der Waals surface area contributed by atoms with E-state index in [0.29, 0.717) is 23.3 Å². The predicted molar refractivity (Wildman–Crippen MR) is 130 cm³/mol. The second kappa shape index (κ2) is 8.55. The fourth-order valence-electron chi connectivity index (χ4n) is 3.63. The van der Waals surface area contributed by atoms with Crippen LogP contribution in [0.25, 0.3) is 23.1 Å². The maximum Gasteiger partial charge on any atom is 0.261 e. The highest BCUT2D eigenvalue weighted by molar-refractivity contribution is 14.1. The number of fused-ring (bicyclic) bond motifs is 2. The number of ether oxygens (including phenoxy) is 2. The number of rotatable bonds is 5. The van der Waals surface area contributed by atoms with E-state index in [4.69, 9.17) is 14.5 Å². The van der Waals surface area contributed by atoms with Crippen LogP contribution in [-0.4, -0.2) is 16.3 Å². The molecule has 0 radical (unpaired) electrons. The summed E-state index contributed by atoms with van der Waals surface area (Å²) in [4.78, 5) is 18.1. The summed E-state index contributed by atoms with van der Waals surface area (Å²) in [5.74, 6) is 2.10. The van der Waals surface area contributed by atoms with Crippen LogP contribution in [0.4, 0.5) is 0 Å². The first kappa shape index (κ1) is 19.8. The topological polar surface area (TPSA) is 53.4 Å². The minimum atomic E-state index is -0.0233. The Labute approximate surface area is 193 Å². The van der Waals surface area contributed by atoms with Crippen molar-refractivity contribution < 1.29 is 9.47 Å². The van der Waals surface area contributed by atoms with Gasteiger partial charge in [-0.05, 0) is 76.5 Å². The monoisotopic (exact) mass is 522 g/mol. The van der Waals surface area contributed by atoms with Crippen molar-refractivity contribution in [3.63, 3.8) is 0 Å². The molecule has 0 aliphatic carbocycles. The standard InChI is InChI=1S/C25H19IN2O3/c26-19-8-9-21-20(15-19)25(29)28(13-12-17-4-2-1-3-5-17)24(27-21)11-7-18-6-10-22-23(14-18)31-16-30-22/h1-11,14-15H,12-13,16H2/b11-7+. The molecule has 2 heterocycles. The van der Waals surface area contributed by atoms with E-state index in [1.165, 1.54) is 5.56 Å². The lowest BCUT2D eigenvalue weighted by Crippen LogP contribution is -2.25. The van der Waals surface area contributed by atoms with Crippen LogP contribution in [0.1, 0.15) is 17.0 Å². The largest absolute Gasteiger partial charge is 0.454 e. The van der Waals surface area contributed by atoms with E-state index < -0.39 is 0 Å². The molecule has 0 bridgehead atoms. The lowest BCUT2D eigenvalue weighted by molar-refractivity contribution is 0.174. The molecule has 0 unspecified atom stereocenters. The SMILES string of the molecule is O=c1c2cc(I)ccc2nc(/C=C/c2ccc3c(c2)OCO3)n1CCc1ccccc1. The third-order valence-electron chi connectivity index (χ3n) is 5.23. The van der Waals surface area contributed by atoms with E-state index in [0.717, 1.165) is 27.1 Å². The molecule has 0 amide bonds. The van der Waals surface area contributed by atoms with E-state index in [9.17, 15) is 4.79 Å². The first-order valence-corrected chi connectivity index (χ1v) is 11.1. The van der Waals surface area contributed by atoms with Crippen LogP contribution in [0.15, 0.2) is 71.5 Å². The fourth-order valence-corrected chi connectivity index (χ4v) is 4.12. The number of hydrogen-bond acceptors (Lipinski definition) is 4. The highest BCUT2D eigenvalue weighted by atomic mass is 127. The first-order valence-electron chi connectivity index (χ1n) is 9.99. The summed E-state index contributed by atoms with van der Waals surface area (Å²) in [5, 5.41) is 0.639. The van der Waals surface area contributed by atoms with Gasteiger partial charge in [0.2, 0.25) is 6.79 Å². The molecule has 1 aliphatic rings. The van der Waals surface area contributed by atoms with Gasteiger partial charge >= 0.3 is 0 Å². The third-order valence-corrected chi connectivity index (χ3v) is 5.91. The van der Waals surface area contributed by atoms with E-state index >= 15 is 0 Å². The van der Waals surface area contributed by atoms with Gasteiger partial charge in [-0.15, -0.1) is 0 Å². The van der Waals surface area contributed by atoms with Crippen molar-refractivity contribution in [3.8, 4) is 11.5 Å². The third kappa shape index (κ3) is 4.20. The Morgan fingerprint density at radius 2 is 1.81 bits per heavy atom. The van der Waals surface area contributed by atoms with Gasteiger partial charge in [0.1, 0.15) is 5.82 Å². The average molecular weight is 522 g/mol. The van der Waals surface area contributed by atoms with Gasteiger partial charge in [-0.1, -0.05) is 42.5 Å². The molecular formula is C25H19IN2O3. The molecule has 6 heteroatoms. The van der Waals surface area contributed by atoms with Crippen LogP contribution in [0, 0.1) is 3.57 Å². The molecule has 0 atom stereocenters. The van der Waals surface area contributed by atoms with Crippen LogP contribution < -0.4 is 15.0 Å². The van der Waals surface area contributed by atoms with Gasteiger partial charge in [0.15, 0.2) is 11.5 Å². The van der Waals surface area contributed by atoms with Crippen molar-refractivity contribution in [1.29, 1.82) is 0 Å². The van der Waals surface area contributed by atoms with Crippen LogP contribution in [-0.2, 0) is 13.0 Å². The number of aryl methyl sites for hydroxylation is 1. The van der Waals surface area contributed by atoms with Gasteiger partial charge in [-0.3, -0.25) is 9.36 Å². The Morgan fingerprint density at radius 1 is 0.968 bits per heavy atom. The highest BCUT2D eigenvalue weighted by Gasteiger charge is 2.13. The second-order valence-corrected chi connectivity index (χ2v) is 8.52. The summed E-state index contributed by atoms with van der Waals surface area (Å²) in [6, 6.07) is 21.7. The number of aromatic nitrogens is 2. The zero-order valence-electron chi connectivity index (χ0n) is 16.6. The number of nitrogens with zero attached hydrogens (tertiary/aromatic N) is 2. The van der Waals surface area contributed by atoms with Crippen LogP contribution in [0.5, 0.6) is 11.5 Å². The molecule has 31 heavy (non-hydrogen) atoms. The summed E-state index contributed by atoms with van der Waals surface area (Å²) in [5.41, 5.74) is 2.81. The highest BCUT2D eigenvalue weighted by Crippen LogP contribution is 2.33. The van der Waals surface area contributed by atoms with Gasteiger partial charge < -0.3 is 9.47 Å². The van der Waals surface area contributed by atoms with Gasteiger partial charge in [0, 0.05) is 10.1 Å².